The van der Waals surface area contributed by atoms with Gasteiger partial charge in [-0.2, -0.15) is 22.0 Å². The maximum Gasteiger partial charge on any atom is 0.463 e. The van der Waals surface area contributed by atoms with E-state index in [2.05, 4.69) is 4.98 Å². The van der Waals surface area contributed by atoms with Gasteiger partial charge in [0, 0.05) is 18.4 Å². The zero-order valence-corrected chi connectivity index (χ0v) is 10.2. The first kappa shape index (κ1) is 14.7. The van der Waals surface area contributed by atoms with Gasteiger partial charge in [-0.05, 0) is 19.3 Å². The molecule has 2 unspecified atom stereocenters. The predicted octanol–water partition coefficient (Wildman–Crippen LogP) is 2.29. The van der Waals surface area contributed by atoms with Gasteiger partial charge in [-0.15, -0.1) is 0 Å². The smallest absolute Gasteiger partial charge is 0.346 e. The summed E-state index contributed by atoms with van der Waals surface area (Å²) in [4.78, 5) is 15.0. The molecule has 1 aliphatic rings. The minimum absolute atomic E-state index is 0.350. The number of rotatable bonds is 3. The molecule has 1 amide bonds. The summed E-state index contributed by atoms with van der Waals surface area (Å²) in [6.45, 7) is 0. The Morgan fingerprint density at radius 3 is 2.50 bits per heavy atom. The Morgan fingerprint density at radius 1 is 1.25 bits per heavy atom. The van der Waals surface area contributed by atoms with E-state index in [1.165, 1.54) is 12.5 Å². The van der Waals surface area contributed by atoms with Crippen molar-refractivity contribution in [2.75, 3.05) is 0 Å². The highest BCUT2D eigenvalue weighted by atomic mass is 19.4. The van der Waals surface area contributed by atoms with Gasteiger partial charge in [0.25, 0.3) is 0 Å². The van der Waals surface area contributed by atoms with Gasteiger partial charge >= 0.3 is 18.0 Å². The van der Waals surface area contributed by atoms with Crippen LogP contribution in [-0.2, 0) is 4.79 Å². The van der Waals surface area contributed by atoms with Crippen molar-refractivity contribution in [2.45, 2.75) is 43.4 Å². The van der Waals surface area contributed by atoms with Crippen molar-refractivity contribution in [1.29, 1.82) is 0 Å². The van der Waals surface area contributed by atoms with Crippen LogP contribution in [-0.4, -0.2) is 33.6 Å². The molecule has 0 bridgehead atoms. The van der Waals surface area contributed by atoms with Crippen LogP contribution in [0.1, 0.15) is 25.3 Å². The molecule has 0 aromatic carbocycles. The van der Waals surface area contributed by atoms with Crippen molar-refractivity contribution in [3.63, 3.8) is 0 Å². The second-order valence-electron chi connectivity index (χ2n) is 4.66. The average Bonchev–Trinajstić information content (AvgIpc) is 2.96. The van der Waals surface area contributed by atoms with Gasteiger partial charge in [0.2, 0.25) is 0 Å². The molecule has 9 heteroatoms. The van der Waals surface area contributed by atoms with Crippen LogP contribution in [0.5, 0.6) is 0 Å². The Bertz CT molecular complexity index is 471. The number of nitrogens with one attached hydrogen (secondary N) is 1. The minimum atomic E-state index is -5.89. The predicted molar refractivity (Wildman–Crippen MR) is 58.0 cm³/mol. The Labute approximate surface area is 111 Å². The Kier molecular flexibility index (Phi) is 3.70. The van der Waals surface area contributed by atoms with E-state index < -0.39 is 24.0 Å². The monoisotopic (exact) mass is 297 g/mol. The number of hydrogen-bond donors (Lipinski definition) is 1. The topological polar surface area (TPSA) is 46.9 Å². The molecule has 1 heterocycles. The van der Waals surface area contributed by atoms with Crippen molar-refractivity contribution < 1.29 is 26.7 Å². The molecule has 20 heavy (non-hydrogen) atoms. The van der Waals surface area contributed by atoms with E-state index in [0.717, 1.165) is 0 Å². The summed E-state index contributed by atoms with van der Waals surface area (Å²) < 4.78 is 63.7. The van der Waals surface area contributed by atoms with E-state index in [1.54, 1.807) is 16.1 Å². The number of amides is 1. The van der Waals surface area contributed by atoms with Crippen molar-refractivity contribution >= 4 is 5.91 Å². The number of nitrogens with zero attached hydrogens (tertiary/aromatic N) is 2. The molecule has 112 valence electrons. The van der Waals surface area contributed by atoms with Gasteiger partial charge in [0.15, 0.2) is 0 Å². The van der Waals surface area contributed by atoms with E-state index in [1.807, 2.05) is 0 Å². The number of aromatic nitrogens is 2. The number of halogens is 5. The maximum atomic E-state index is 12.9. The minimum Gasteiger partial charge on any atom is -0.346 e. The van der Waals surface area contributed by atoms with Gasteiger partial charge < -0.3 is 9.88 Å². The highest BCUT2D eigenvalue weighted by Crippen LogP contribution is 2.37. The fourth-order valence-electron chi connectivity index (χ4n) is 2.32. The molecule has 2 rings (SSSR count). The number of carbonyl (C=O) groups is 1. The van der Waals surface area contributed by atoms with Crippen LogP contribution >= 0.6 is 0 Å². The van der Waals surface area contributed by atoms with E-state index in [0.29, 0.717) is 19.3 Å². The largest absolute Gasteiger partial charge is 0.463 e. The summed E-state index contributed by atoms with van der Waals surface area (Å²) in [6.07, 6.45) is 0.169. The fourth-order valence-corrected chi connectivity index (χ4v) is 2.32. The summed E-state index contributed by atoms with van der Waals surface area (Å²) >= 11 is 0. The molecule has 0 spiro atoms. The molecule has 0 aliphatic heterocycles. The quantitative estimate of drug-likeness (QED) is 0.870. The summed E-state index contributed by atoms with van der Waals surface area (Å²) in [5, 5.41) is 1.81. The SMILES string of the molecule is O=C(NC1CCCC1n1ccnc1)C(F)(F)C(F)(F)F. The van der Waals surface area contributed by atoms with Gasteiger partial charge in [-0.25, -0.2) is 4.98 Å². The first-order valence-electron chi connectivity index (χ1n) is 5.96. The molecule has 1 aliphatic carbocycles. The Morgan fingerprint density at radius 2 is 1.95 bits per heavy atom. The van der Waals surface area contributed by atoms with E-state index in [9.17, 15) is 26.7 Å². The van der Waals surface area contributed by atoms with Crippen LogP contribution in [0, 0.1) is 0 Å². The van der Waals surface area contributed by atoms with Crippen molar-refractivity contribution in [1.82, 2.24) is 14.9 Å². The standard InChI is InChI=1S/C11H12F5N3O/c12-10(13,11(14,15)16)9(20)18-7-2-1-3-8(7)19-5-4-17-6-19/h4-8H,1-3H2,(H,18,20). The van der Waals surface area contributed by atoms with Gasteiger partial charge in [0.1, 0.15) is 0 Å². The number of carbonyl (C=O) groups excluding carboxylic acids is 1. The zero-order valence-electron chi connectivity index (χ0n) is 10.2. The summed E-state index contributed by atoms with van der Waals surface area (Å²) in [5.41, 5.74) is 0. The summed E-state index contributed by atoms with van der Waals surface area (Å²) in [7, 11) is 0. The third-order valence-electron chi connectivity index (χ3n) is 3.34. The average molecular weight is 297 g/mol. The van der Waals surface area contributed by atoms with Crippen molar-refractivity contribution in [2.24, 2.45) is 0 Å². The molecule has 1 aromatic heterocycles. The lowest BCUT2D eigenvalue weighted by atomic mass is 10.1. The number of hydrogen-bond acceptors (Lipinski definition) is 2. The van der Waals surface area contributed by atoms with Crippen LogP contribution in [0.25, 0.3) is 0 Å². The van der Waals surface area contributed by atoms with Crippen molar-refractivity contribution in [3.8, 4) is 0 Å². The summed E-state index contributed by atoms with van der Waals surface area (Å²) in [6, 6.07) is -1.12. The van der Waals surface area contributed by atoms with E-state index in [4.69, 9.17) is 0 Å². The second kappa shape index (κ2) is 5.02. The number of imidazole rings is 1. The first-order chi connectivity index (χ1) is 9.23. The lowest BCUT2D eigenvalue weighted by Gasteiger charge is -2.25. The Hall–Kier alpha value is -1.67. The van der Waals surface area contributed by atoms with Gasteiger partial charge in [-0.1, -0.05) is 0 Å². The second-order valence-corrected chi connectivity index (χ2v) is 4.66. The third kappa shape index (κ3) is 2.61. The first-order valence-corrected chi connectivity index (χ1v) is 5.96. The molecule has 1 aromatic rings. The van der Waals surface area contributed by atoms with E-state index >= 15 is 0 Å². The van der Waals surface area contributed by atoms with E-state index in [-0.39, 0.29) is 6.04 Å². The maximum absolute atomic E-state index is 12.9. The van der Waals surface area contributed by atoms with Crippen LogP contribution in [0.15, 0.2) is 18.7 Å². The van der Waals surface area contributed by atoms with Crippen molar-refractivity contribution in [3.05, 3.63) is 18.7 Å². The molecule has 0 saturated heterocycles. The molecular formula is C11H12F5N3O. The summed E-state index contributed by atoms with van der Waals surface area (Å²) in [5.74, 6) is -7.68. The van der Waals surface area contributed by atoms with Gasteiger partial charge in [-0.3, -0.25) is 4.79 Å². The fraction of sp³-hybridized carbons (Fsp3) is 0.636. The normalized spacial score (nSPS) is 23.9. The molecule has 1 fully saturated rings. The lowest BCUT2D eigenvalue weighted by molar-refractivity contribution is -0.270. The lowest BCUT2D eigenvalue weighted by Crippen LogP contribution is -2.53. The highest BCUT2D eigenvalue weighted by molar-refractivity contribution is 5.84. The molecule has 2 atom stereocenters. The highest BCUT2D eigenvalue weighted by Gasteiger charge is 2.63. The zero-order chi connectivity index (χ0) is 15.0. The number of alkyl halides is 5. The molecule has 4 nitrogen and oxygen atoms in total. The van der Waals surface area contributed by atoms with Crippen LogP contribution in [0.3, 0.4) is 0 Å². The van der Waals surface area contributed by atoms with Crippen LogP contribution in [0.2, 0.25) is 0 Å². The Balaban J connectivity index is 2.08. The molecular weight excluding hydrogens is 285 g/mol. The molecule has 1 N–H and O–H groups in total. The molecule has 0 radical (unpaired) electrons. The molecule has 1 saturated carbocycles. The third-order valence-corrected chi connectivity index (χ3v) is 3.34. The van der Waals surface area contributed by atoms with Gasteiger partial charge in [0.05, 0.1) is 12.4 Å². The van der Waals surface area contributed by atoms with Crippen LogP contribution < -0.4 is 5.32 Å². The van der Waals surface area contributed by atoms with Crippen LogP contribution in [0.4, 0.5) is 22.0 Å².